The van der Waals surface area contributed by atoms with Crippen molar-refractivity contribution >= 4 is 5.95 Å². The van der Waals surface area contributed by atoms with Crippen LogP contribution < -0.4 is 16.2 Å². The lowest BCUT2D eigenvalue weighted by molar-refractivity contribution is 0.454. The van der Waals surface area contributed by atoms with Crippen LogP contribution in [0.2, 0.25) is 0 Å². The SMILES string of the molecule is Cc1cc(=O)[nH]c(NCCn2cc([C@H]3CCCNC3)nn2)n1. The van der Waals surface area contributed by atoms with Gasteiger partial charge in [0.05, 0.1) is 12.2 Å². The van der Waals surface area contributed by atoms with Crippen molar-refractivity contribution in [2.45, 2.75) is 32.2 Å². The zero-order chi connectivity index (χ0) is 15.4. The van der Waals surface area contributed by atoms with E-state index < -0.39 is 0 Å². The quantitative estimate of drug-likeness (QED) is 0.732. The molecule has 3 rings (SSSR count). The molecule has 8 nitrogen and oxygen atoms in total. The van der Waals surface area contributed by atoms with Crippen LogP contribution >= 0.6 is 0 Å². The lowest BCUT2D eigenvalue weighted by Crippen LogP contribution is -2.28. The Hall–Kier alpha value is -2.22. The predicted octanol–water partition coefficient (Wildman–Crippen LogP) is 0.249. The zero-order valence-electron chi connectivity index (χ0n) is 12.7. The number of aryl methyl sites for hydroxylation is 1. The van der Waals surface area contributed by atoms with Crippen molar-refractivity contribution in [1.82, 2.24) is 30.3 Å². The summed E-state index contributed by atoms with van der Waals surface area (Å²) in [6.45, 7) is 5.16. The van der Waals surface area contributed by atoms with E-state index in [-0.39, 0.29) is 5.56 Å². The van der Waals surface area contributed by atoms with Crippen molar-refractivity contribution in [2.75, 3.05) is 25.0 Å². The first kappa shape index (κ1) is 14.7. The number of aromatic nitrogens is 5. The van der Waals surface area contributed by atoms with Crippen LogP contribution in [0, 0.1) is 6.92 Å². The summed E-state index contributed by atoms with van der Waals surface area (Å²) in [4.78, 5) is 18.2. The van der Waals surface area contributed by atoms with Gasteiger partial charge in [0.25, 0.3) is 5.56 Å². The fourth-order valence-electron chi connectivity index (χ4n) is 2.67. The monoisotopic (exact) mass is 303 g/mol. The van der Waals surface area contributed by atoms with Gasteiger partial charge in [-0.2, -0.15) is 0 Å². The van der Waals surface area contributed by atoms with Gasteiger partial charge in [0.15, 0.2) is 0 Å². The summed E-state index contributed by atoms with van der Waals surface area (Å²) in [6, 6.07) is 1.47. The average Bonchev–Trinajstić information content (AvgIpc) is 2.96. The minimum atomic E-state index is -0.150. The first-order valence-corrected chi connectivity index (χ1v) is 7.63. The van der Waals surface area contributed by atoms with Gasteiger partial charge in [0.1, 0.15) is 0 Å². The molecule has 1 aliphatic heterocycles. The smallest absolute Gasteiger partial charge is 0.252 e. The number of piperidine rings is 1. The van der Waals surface area contributed by atoms with Crippen LogP contribution in [0.5, 0.6) is 0 Å². The molecule has 1 atom stereocenters. The highest BCUT2D eigenvalue weighted by molar-refractivity contribution is 5.24. The molecule has 0 spiro atoms. The number of nitrogens with one attached hydrogen (secondary N) is 3. The number of aromatic amines is 1. The van der Waals surface area contributed by atoms with Gasteiger partial charge in [-0.1, -0.05) is 5.21 Å². The molecule has 0 aliphatic carbocycles. The summed E-state index contributed by atoms with van der Waals surface area (Å²) in [6.07, 6.45) is 4.36. The molecule has 3 N–H and O–H groups in total. The first-order chi connectivity index (χ1) is 10.7. The van der Waals surface area contributed by atoms with Gasteiger partial charge in [-0.15, -0.1) is 5.10 Å². The molecule has 8 heteroatoms. The Morgan fingerprint density at radius 1 is 1.50 bits per heavy atom. The second-order valence-corrected chi connectivity index (χ2v) is 5.61. The Kier molecular flexibility index (Phi) is 4.47. The van der Waals surface area contributed by atoms with Gasteiger partial charge in [0.2, 0.25) is 5.95 Å². The van der Waals surface area contributed by atoms with E-state index in [1.54, 1.807) is 6.92 Å². The molecule has 22 heavy (non-hydrogen) atoms. The standard InChI is InChI=1S/C14H21N7O/c1-10-7-13(22)18-14(17-10)16-5-6-21-9-12(19-20-21)11-3-2-4-15-8-11/h7,9,11,15H,2-6,8H2,1H3,(H2,16,17,18,22)/t11-/m0/s1. The summed E-state index contributed by atoms with van der Waals surface area (Å²) >= 11 is 0. The summed E-state index contributed by atoms with van der Waals surface area (Å²) in [7, 11) is 0. The van der Waals surface area contributed by atoms with Crippen molar-refractivity contribution in [3.63, 3.8) is 0 Å². The lowest BCUT2D eigenvalue weighted by Gasteiger charge is -2.20. The Bertz CT molecular complexity index is 672. The van der Waals surface area contributed by atoms with Gasteiger partial charge in [-0.05, 0) is 26.3 Å². The molecule has 0 saturated carbocycles. The van der Waals surface area contributed by atoms with Crippen LogP contribution in [-0.4, -0.2) is 44.6 Å². The number of hydrogen-bond donors (Lipinski definition) is 3. The Labute approximate surface area is 128 Å². The number of nitrogens with zero attached hydrogens (tertiary/aromatic N) is 4. The highest BCUT2D eigenvalue weighted by Gasteiger charge is 2.18. The molecule has 0 amide bonds. The maximum atomic E-state index is 11.4. The van der Waals surface area contributed by atoms with Crippen LogP contribution in [0.1, 0.15) is 30.1 Å². The van der Waals surface area contributed by atoms with Crippen LogP contribution in [-0.2, 0) is 6.54 Å². The van der Waals surface area contributed by atoms with Crippen molar-refractivity contribution in [3.8, 4) is 0 Å². The molecule has 118 valence electrons. The van der Waals surface area contributed by atoms with Crippen LogP contribution in [0.3, 0.4) is 0 Å². The molecule has 3 heterocycles. The van der Waals surface area contributed by atoms with Gasteiger partial charge in [-0.3, -0.25) is 14.5 Å². The van der Waals surface area contributed by atoms with Gasteiger partial charge >= 0.3 is 0 Å². The fourth-order valence-corrected chi connectivity index (χ4v) is 2.67. The van der Waals surface area contributed by atoms with Gasteiger partial charge < -0.3 is 10.6 Å². The molecule has 1 aliphatic rings. The van der Waals surface area contributed by atoms with E-state index in [1.165, 1.54) is 18.9 Å². The third-order valence-corrected chi connectivity index (χ3v) is 3.77. The third-order valence-electron chi connectivity index (χ3n) is 3.77. The Balaban J connectivity index is 1.53. The summed E-state index contributed by atoms with van der Waals surface area (Å²) < 4.78 is 1.82. The minimum Gasteiger partial charge on any atom is -0.354 e. The second-order valence-electron chi connectivity index (χ2n) is 5.61. The topological polar surface area (TPSA) is 101 Å². The van der Waals surface area contributed by atoms with Crippen molar-refractivity contribution in [3.05, 3.63) is 34.0 Å². The lowest BCUT2D eigenvalue weighted by atomic mass is 9.97. The molecule has 0 bridgehead atoms. The predicted molar refractivity (Wildman–Crippen MR) is 83.0 cm³/mol. The molecule has 2 aromatic rings. The van der Waals surface area contributed by atoms with Crippen LogP contribution in [0.4, 0.5) is 5.95 Å². The molecular formula is C14H21N7O. The number of rotatable bonds is 5. The molecule has 0 aromatic carbocycles. The zero-order valence-corrected chi connectivity index (χ0v) is 12.7. The highest BCUT2D eigenvalue weighted by Crippen LogP contribution is 2.20. The summed E-state index contributed by atoms with van der Waals surface area (Å²) in [5.74, 6) is 0.951. The molecule has 1 saturated heterocycles. The molecular weight excluding hydrogens is 282 g/mol. The van der Waals surface area contributed by atoms with Crippen molar-refractivity contribution < 1.29 is 0 Å². The normalized spacial score (nSPS) is 18.3. The van der Waals surface area contributed by atoms with E-state index >= 15 is 0 Å². The van der Waals surface area contributed by atoms with Crippen molar-refractivity contribution in [2.24, 2.45) is 0 Å². The van der Waals surface area contributed by atoms with E-state index in [0.29, 0.717) is 30.6 Å². The largest absolute Gasteiger partial charge is 0.354 e. The van der Waals surface area contributed by atoms with Crippen molar-refractivity contribution in [1.29, 1.82) is 0 Å². The third kappa shape index (κ3) is 3.70. The summed E-state index contributed by atoms with van der Waals surface area (Å²) in [5, 5.41) is 14.9. The van der Waals surface area contributed by atoms with E-state index in [2.05, 4.69) is 30.9 Å². The maximum absolute atomic E-state index is 11.4. The Morgan fingerprint density at radius 2 is 2.41 bits per heavy atom. The molecule has 0 radical (unpaired) electrons. The first-order valence-electron chi connectivity index (χ1n) is 7.63. The molecule has 1 fully saturated rings. The minimum absolute atomic E-state index is 0.150. The second kappa shape index (κ2) is 6.69. The molecule has 2 aromatic heterocycles. The van der Waals surface area contributed by atoms with E-state index in [9.17, 15) is 4.79 Å². The van der Waals surface area contributed by atoms with E-state index in [4.69, 9.17) is 0 Å². The maximum Gasteiger partial charge on any atom is 0.252 e. The van der Waals surface area contributed by atoms with E-state index in [1.807, 2.05) is 10.9 Å². The van der Waals surface area contributed by atoms with Gasteiger partial charge in [0, 0.05) is 37.0 Å². The average molecular weight is 303 g/mol. The number of H-pyrrole nitrogens is 1. The highest BCUT2D eigenvalue weighted by atomic mass is 16.1. The van der Waals surface area contributed by atoms with Gasteiger partial charge in [-0.25, -0.2) is 4.98 Å². The van der Waals surface area contributed by atoms with E-state index in [0.717, 1.165) is 18.8 Å². The number of hydrogen-bond acceptors (Lipinski definition) is 6. The van der Waals surface area contributed by atoms with Crippen LogP contribution in [0.25, 0.3) is 0 Å². The summed E-state index contributed by atoms with van der Waals surface area (Å²) in [5.41, 5.74) is 1.59. The van der Waals surface area contributed by atoms with Crippen LogP contribution in [0.15, 0.2) is 17.1 Å². The number of anilines is 1. The fraction of sp³-hybridized carbons (Fsp3) is 0.571. The molecule has 0 unspecified atom stereocenters. The Morgan fingerprint density at radius 3 is 3.18 bits per heavy atom.